The lowest BCUT2D eigenvalue weighted by Crippen LogP contribution is -2.16. The molecular formula is C16H21BrSi. The zero-order valence-corrected chi connectivity index (χ0v) is 14.3. The Morgan fingerprint density at radius 3 is 2.50 bits per heavy atom. The molecule has 2 heteroatoms. The van der Waals surface area contributed by atoms with Crippen molar-refractivity contribution in [3.8, 4) is 11.8 Å². The SMILES string of the molecule is CC#C/C(=C\[Si](C)(C)C)CCc1ccccc1Br. The van der Waals surface area contributed by atoms with E-state index in [1.807, 2.05) is 6.92 Å². The van der Waals surface area contributed by atoms with Crippen molar-refractivity contribution in [3.05, 3.63) is 45.6 Å². The molecule has 1 rings (SSSR count). The average molecular weight is 321 g/mol. The summed E-state index contributed by atoms with van der Waals surface area (Å²) in [5.74, 6) is 6.29. The topological polar surface area (TPSA) is 0 Å². The molecule has 0 unspecified atom stereocenters. The maximum absolute atomic E-state index is 3.60. The van der Waals surface area contributed by atoms with Crippen molar-refractivity contribution in [2.45, 2.75) is 39.4 Å². The molecule has 0 spiro atoms. The lowest BCUT2D eigenvalue weighted by atomic mass is 10.1. The normalized spacial score (nSPS) is 11.9. The molecule has 1 aromatic rings. The lowest BCUT2D eigenvalue weighted by Gasteiger charge is -2.12. The summed E-state index contributed by atoms with van der Waals surface area (Å²) in [5, 5.41) is 0. The van der Waals surface area contributed by atoms with Crippen LogP contribution in [-0.4, -0.2) is 8.07 Å². The molecular weight excluding hydrogens is 300 g/mol. The van der Waals surface area contributed by atoms with E-state index < -0.39 is 8.07 Å². The first kappa shape index (κ1) is 15.3. The molecule has 0 heterocycles. The van der Waals surface area contributed by atoms with Crippen molar-refractivity contribution in [1.82, 2.24) is 0 Å². The largest absolute Gasteiger partial charge is 0.102 e. The first-order valence-electron chi connectivity index (χ1n) is 6.30. The quantitative estimate of drug-likeness (QED) is 0.527. The molecule has 0 atom stereocenters. The molecule has 0 radical (unpaired) electrons. The predicted octanol–water partition coefficient (Wildman–Crippen LogP) is 5.21. The van der Waals surface area contributed by atoms with Gasteiger partial charge in [0.2, 0.25) is 0 Å². The minimum absolute atomic E-state index is 1.04. The van der Waals surface area contributed by atoms with Crippen molar-refractivity contribution >= 4 is 24.0 Å². The first-order chi connectivity index (χ1) is 8.42. The van der Waals surface area contributed by atoms with Gasteiger partial charge in [-0.25, -0.2) is 0 Å². The van der Waals surface area contributed by atoms with Crippen LogP contribution in [-0.2, 0) is 6.42 Å². The fourth-order valence-electron chi connectivity index (χ4n) is 1.82. The number of rotatable bonds is 4. The molecule has 0 amide bonds. The van der Waals surface area contributed by atoms with Gasteiger partial charge in [-0.1, -0.05) is 65.4 Å². The van der Waals surface area contributed by atoms with Crippen molar-refractivity contribution in [1.29, 1.82) is 0 Å². The Morgan fingerprint density at radius 1 is 1.28 bits per heavy atom. The van der Waals surface area contributed by atoms with E-state index in [2.05, 4.69) is 77.4 Å². The summed E-state index contributed by atoms with van der Waals surface area (Å²) in [5.41, 5.74) is 5.07. The lowest BCUT2D eigenvalue weighted by molar-refractivity contribution is 0.967. The van der Waals surface area contributed by atoms with Gasteiger partial charge in [0.25, 0.3) is 0 Å². The minimum Gasteiger partial charge on any atom is -0.102 e. The highest BCUT2D eigenvalue weighted by atomic mass is 79.9. The second kappa shape index (κ2) is 6.97. The van der Waals surface area contributed by atoms with Crippen LogP contribution in [0.25, 0.3) is 0 Å². The Kier molecular flexibility index (Phi) is 5.91. The summed E-state index contributed by atoms with van der Waals surface area (Å²) < 4.78 is 1.20. The summed E-state index contributed by atoms with van der Waals surface area (Å²) in [6.07, 6.45) is 2.08. The number of allylic oxidation sites excluding steroid dienone is 1. The molecule has 0 N–H and O–H groups in total. The third-order valence-electron chi connectivity index (χ3n) is 2.51. The van der Waals surface area contributed by atoms with Crippen LogP contribution in [0.2, 0.25) is 19.6 Å². The van der Waals surface area contributed by atoms with Crippen molar-refractivity contribution in [3.63, 3.8) is 0 Å². The molecule has 1 aromatic carbocycles. The van der Waals surface area contributed by atoms with Gasteiger partial charge >= 0.3 is 0 Å². The summed E-state index contributed by atoms with van der Waals surface area (Å²) in [6, 6.07) is 8.42. The fraction of sp³-hybridized carbons (Fsp3) is 0.375. The van der Waals surface area contributed by atoms with Crippen LogP contribution in [0, 0.1) is 11.8 Å². The van der Waals surface area contributed by atoms with Gasteiger partial charge < -0.3 is 0 Å². The molecule has 0 fully saturated rings. The minimum atomic E-state index is -1.19. The molecule has 0 aliphatic carbocycles. The van der Waals surface area contributed by atoms with Crippen LogP contribution in [0.15, 0.2) is 40.0 Å². The third kappa shape index (κ3) is 5.71. The maximum Gasteiger partial charge on any atom is 0.0698 e. The van der Waals surface area contributed by atoms with Gasteiger partial charge in [0.1, 0.15) is 0 Å². The van der Waals surface area contributed by atoms with Crippen LogP contribution in [0.4, 0.5) is 0 Å². The van der Waals surface area contributed by atoms with Gasteiger partial charge in [0, 0.05) is 4.47 Å². The van der Waals surface area contributed by atoms with Crippen LogP contribution in [0.3, 0.4) is 0 Å². The zero-order valence-electron chi connectivity index (χ0n) is 11.7. The van der Waals surface area contributed by atoms with E-state index in [1.165, 1.54) is 15.6 Å². The number of hydrogen-bond acceptors (Lipinski definition) is 0. The van der Waals surface area contributed by atoms with E-state index in [1.54, 1.807) is 0 Å². The average Bonchev–Trinajstić information content (AvgIpc) is 2.26. The van der Waals surface area contributed by atoms with Gasteiger partial charge in [0.05, 0.1) is 8.07 Å². The van der Waals surface area contributed by atoms with Gasteiger partial charge in [-0.2, -0.15) is 0 Å². The summed E-state index contributed by atoms with van der Waals surface area (Å²) in [6.45, 7) is 8.96. The molecule has 0 bridgehead atoms. The number of halogens is 1. The van der Waals surface area contributed by atoms with E-state index in [0.717, 1.165) is 12.8 Å². The van der Waals surface area contributed by atoms with E-state index in [9.17, 15) is 0 Å². The van der Waals surface area contributed by atoms with Gasteiger partial charge in [-0.05, 0) is 37.0 Å². The maximum atomic E-state index is 3.60. The second-order valence-electron chi connectivity index (χ2n) is 5.50. The Morgan fingerprint density at radius 2 is 1.94 bits per heavy atom. The zero-order chi connectivity index (χ0) is 13.6. The standard InChI is InChI=1S/C16H21BrSi/c1-5-8-14(13-18(2,3)4)11-12-15-9-6-7-10-16(15)17/h6-7,9-10,13H,11-12H2,1-4H3/b14-13+. The molecule has 0 nitrogen and oxygen atoms in total. The fourth-order valence-corrected chi connectivity index (χ4v) is 3.57. The van der Waals surface area contributed by atoms with E-state index >= 15 is 0 Å². The van der Waals surface area contributed by atoms with Crippen LogP contribution < -0.4 is 0 Å². The number of benzene rings is 1. The first-order valence-corrected chi connectivity index (χ1v) is 10.7. The number of aryl methyl sites for hydroxylation is 1. The number of hydrogen-bond donors (Lipinski definition) is 0. The molecule has 96 valence electrons. The van der Waals surface area contributed by atoms with Gasteiger partial charge in [0.15, 0.2) is 0 Å². The van der Waals surface area contributed by atoms with Crippen LogP contribution in [0.5, 0.6) is 0 Å². The monoisotopic (exact) mass is 320 g/mol. The van der Waals surface area contributed by atoms with E-state index in [0.29, 0.717) is 0 Å². The highest BCUT2D eigenvalue weighted by molar-refractivity contribution is 9.10. The second-order valence-corrected chi connectivity index (χ2v) is 11.4. The molecule has 0 saturated carbocycles. The molecule has 0 aliphatic heterocycles. The van der Waals surface area contributed by atoms with Gasteiger partial charge in [-0.15, -0.1) is 5.92 Å². The third-order valence-corrected chi connectivity index (χ3v) is 4.50. The van der Waals surface area contributed by atoms with Crippen LogP contribution in [0.1, 0.15) is 18.9 Å². The predicted molar refractivity (Wildman–Crippen MR) is 87.3 cm³/mol. The van der Waals surface area contributed by atoms with Crippen LogP contribution >= 0.6 is 15.9 Å². The smallest absolute Gasteiger partial charge is 0.0698 e. The highest BCUT2D eigenvalue weighted by Gasteiger charge is 2.10. The molecule has 0 saturated heterocycles. The Labute approximate surface area is 121 Å². The summed E-state index contributed by atoms with van der Waals surface area (Å²) >= 11 is 3.60. The van der Waals surface area contributed by atoms with Gasteiger partial charge in [-0.3, -0.25) is 0 Å². The summed E-state index contributed by atoms with van der Waals surface area (Å²) in [4.78, 5) is 0. The Bertz CT molecular complexity index is 484. The molecule has 0 aromatic heterocycles. The highest BCUT2D eigenvalue weighted by Crippen LogP contribution is 2.20. The summed E-state index contributed by atoms with van der Waals surface area (Å²) in [7, 11) is -1.19. The molecule has 18 heavy (non-hydrogen) atoms. The molecule has 0 aliphatic rings. The van der Waals surface area contributed by atoms with Crippen molar-refractivity contribution in [2.24, 2.45) is 0 Å². The van der Waals surface area contributed by atoms with E-state index in [4.69, 9.17) is 0 Å². The Hall–Kier alpha value is -0.783. The van der Waals surface area contributed by atoms with Crippen molar-refractivity contribution in [2.75, 3.05) is 0 Å². The van der Waals surface area contributed by atoms with E-state index in [-0.39, 0.29) is 0 Å². The van der Waals surface area contributed by atoms with Crippen molar-refractivity contribution < 1.29 is 0 Å². The Balaban J connectivity index is 2.78.